The summed E-state index contributed by atoms with van der Waals surface area (Å²) in [5.74, 6) is 0.754. The molecule has 0 amide bonds. The molecule has 0 aliphatic heterocycles. The zero-order chi connectivity index (χ0) is 18.1. The van der Waals surface area contributed by atoms with E-state index in [9.17, 15) is 0 Å². The first kappa shape index (κ1) is 22.7. The summed E-state index contributed by atoms with van der Waals surface area (Å²) in [4.78, 5) is 4.26. The number of guanidine groups is 1. The van der Waals surface area contributed by atoms with Crippen molar-refractivity contribution in [2.75, 3.05) is 7.05 Å². The first-order chi connectivity index (χ1) is 12.1. The minimum Gasteiger partial charge on any atom is -0.374 e. The van der Waals surface area contributed by atoms with Crippen LogP contribution in [0.1, 0.15) is 30.5 Å². The SMILES string of the molecule is CN=C(NCc1cccc(Cl)c1)NCc1cccc(COC(C)C)c1.I. The number of rotatable bonds is 7. The number of hydrogen-bond donors (Lipinski definition) is 2. The summed E-state index contributed by atoms with van der Waals surface area (Å²) >= 11 is 6.01. The highest BCUT2D eigenvalue weighted by molar-refractivity contribution is 14.0. The van der Waals surface area contributed by atoms with Gasteiger partial charge >= 0.3 is 0 Å². The molecule has 0 bridgehead atoms. The second kappa shape index (κ2) is 12.1. The van der Waals surface area contributed by atoms with E-state index < -0.39 is 0 Å². The number of hydrogen-bond acceptors (Lipinski definition) is 2. The molecular formula is C20H27ClIN3O. The van der Waals surface area contributed by atoms with Crippen LogP contribution in [-0.4, -0.2) is 19.1 Å². The molecule has 0 saturated carbocycles. The van der Waals surface area contributed by atoms with Gasteiger partial charge in [-0.05, 0) is 42.7 Å². The maximum absolute atomic E-state index is 6.01. The fourth-order valence-electron chi connectivity index (χ4n) is 2.33. The van der Waals surface area contributed by atoms with Crippen molar-refractivity contribution in [3.05, 3.63) is 70.2 Å². The minimum absolute atomic E-state index is 0. The lowest BCUT2D eigenvalue weighted by Crippen LogP contribution is -2.36. The molecule has 6 heteroatoms. The van der Waals surface area contributed by atoms with Crippen LogP contribution in [0, 0.1) is 0 Å². The lowest BCUT2D eigenvalue weighted by Gasteiger charge is -2.13. The molecule has 0 fully saturated rings. The largest absolute Gasteiger partial charge is 0.374 e. The molecule has 4 nitrogen and oxygen atoms in total. The van der Waals surface area contributed by atoms with Crippen molar-refractivity contribution in [2.45, 2.75) is 39.6 Å². The van der Waals surface area contributed by atoms with Crippen LogP contribution in [0.15, 0.2) is 53.5 Å². The zero-order valence-electron chi connectivity index (χ0n) is 15.5. The molecule has 0 radical (unpaired) electrons. The molecule has 2 aromatic carbocycles. The van der Waals surface area contributed by atoms with E-state index in [0.29, 0.717) is 19.7 Å². The summed E-state index contributed by atoms with van der Waals surface area (Å²) < 4.78 is 5.66. The molecule has 0 saturated heterocycles. The minimum atomic E-state index is 0. The average Bonchev–Trinajstić information content (AvgIpc) is 2.60. The van der Waals surface area contributed by atoms with Gasteiger partial charge < -0.3 is 15.4 Å². The highest BCUT2D eigenvalue weighted by atomic mass is 127. The Balaban J connectivity index is 0.00000338. The molecule has 26 heavy (non-hydrogen) atoms. The van der Waals surface area contributed by atoms with Crippen LogP contribution in [-0.2, 0) is 24.4 Å². The number of nitrogens with one attached hydrogen (secondary N) is 2. The van der Waals surface area contributed by atoms with Crippen molar-refractivity contribution in [1.82, 2.24) is 10.6 Å². The van der Waals surface area contributed by atoms with Crippen LogP contribution < -0.4 is 10.6 Å². The molecule has 142 valence electrons. The Morgan fingerprint density at radius 2 is 1.58 bits per heavy atom. The fourth-order valence-corrected chi connectivity index (χ4v) is 2.54. The van der Waals surface area contributed by atoms with Gasteiger partial charge in [0.05, 0.1) is 12.7 Å². The number of halogens is 2. The van der Waals surface area contributed by atoms with Gasteiger partial charge in [0.25, 0.3) is 0 Å². The summed E-state index contributed by atoms with van der Waals surface area (Å²) in [5, 5.41) is 7.36. The van der Waals surface area contributed by atoms with Crippen molar-refractivity contribution in [1.29, 1.82) is 0 Å². The quantitative estimate of drug-likeness (QED) is 0.337. The fraction of sp³-hybridized carbons (Fsp3) is 0.350. The van der Waals surface area contributed by atoms with Gasteiger partial charge in [-0.1, -0.05) is 48.0 Å². The van der Waals surface area contributed by atoms with Gasteiger partial charge in [-0.25, -0.2) is 0 Å². The molecular weight excluding hydrogens is 461 g/mol. The van der Waals surface area contributed by atoms with Gasteiger partial charge in [0, 0.05) is 25.2 Å². The van der Waals surface area contributed by atoms with E-state index in [1.54, 1.807) is 7.05 Å². The van der Waals surface area contributed by atoms with Crippen molar-refractivity contribution in [3.8, 4) is 0 Å². The molecule has 0 aliphatic carbocycles. The van der Waals surface area contributed by atoms with Crippen molar-refractivity contribution in [3.63, 3.8) is 0 Å². The Hall–Kier alpha value is -1.31. The molecule has 2 rings (SSSR count). The van der Waals surface area contributed by atoms with E-state index in [-0.39, 0.29) is 30.1 Å². The normalized spacial score (nSPS) is 11.2. The molecule has 0 aliphatic rings. The molecule has 0 spiro atoms. The summed E-state index contributed by atoms with van der Waals surface area (Å²) in [6, 6.07) is 16.2. The Bertz CT molecular complexity index is 707. The van der Waals surface area contributed by atoms with Crippen molar-refractivity contribution >= 4 is 41.5 Å². The predicted octanol–water partition coefficient (Wildman–Crippen LogP) is 4.75. The second-order valence-corrected chi connectivity index (χ2v) is 6.53. The molecule has 0 unspecified atom stereocenters. The van der Waals surface area contributed by atoms with Crippen LogP contribution in [0.4, 0.5) is 0 Å². The molecule has 0 heterocycles. The van der Waals surface area contributed by atoms with E-state index in [4.69, 9.17) is 16.3 Å². The molecule has 2 aromatic rings. The zero-order valence-corrected chi connectivity index (χ0v) is 18.5. The van der Waals surface area contributed by atoms with Gasteiger partial charge in [0.15, 0.2) is 5.96 Å². The van der Waals surface area contributed by atoms with E-state index in [2.05, 4.69) is 39.9 Å². The Kier molecular flexibility index (Phi) is 10.6. The first-order valence-corrected chi connectivity index (χ1v) is 8.83. The number of aliphatic imine (C=N–C) groups is 1. The second-order valence-electron chi connectivity index (χ2n) is 6.09. The van der Waals surface area contributed by atoms with Gasteiger partial charge in [-0.15, -0.1) is 24.0 Å². The number of nitrogens with zero attached hydrogens (tertiary/aromatic N) is 1. The lowest BCUT2D eigenvalue weighted by molar-refractivity contribution is 0.0657. The smallest absolute Gasteiger partial charge is 0.191 e. The Morgan fingerprint density at radius 1 is 1.00 bits per heavy atom. The van der Waals surface area contributed by atoms with Gasteiger partial charge in [0.2, 0.25) is 0 Å². The van der Waals surface area contributed by atoms with Gasteiger partial charge in [-0.2, -0.15) is 0 Å². The number of benzene rings is 2. The molecule has 0 aromatic heterocycles. The summed E-state index contributed by atoms with van der Waals surface area (Å²) in [5.41, 5.74) is 3.48. The topological polar surface area (TPSA) is 45.7 Å². The van der Waals surface area contributed by atoms with E-state index >= 15 is 0 Å². The van der Waals surface area contributed by atoms with Crippen molar-refractivity contribution in [2.24, 2.45) is 4.99 Å². The van der Waals surface area contributed by atoms with Crippen LogP contribution >= 0.6 is 35.6 Å². The maximum atomic E-state index is 6.01. The van der Waals surface area contributed by atoms with Crippen LogP contribution in [0.2, 0.25) is 5.02 Å². The molecule has 0 atom stereocenters. The third-order valence-corrected chi connectivity index (χ3v) is 3.84. The highest BCUT2D eigenvalue weighted by Gasteiger charge is 2.02. The monoisotopic (exact) mass is 487 g/mol. The van der Waals surface area contributed by atoms with Gasteiger partial charge in [-0.3, -0.25) is 4.99 Å². The summed E-state index contributed by atoms with van der Waals surface area (Å²) in [6.07, 6.45) is 0.233. The number of ether oxygens (including phenoxy) is 1. The lowest BCUT2D eigenvalue weighted by atomic mass is 10.1. The average molecular weight is 488 g/mol. The van der Waals surface area contributed by atoms with Crippen LogP contribution in [0.3, 0.4) is 0 Å². The summed E-state index contributed by atoms with van der Waals surface area (Å²) in [7, 11) is 1.76. The summed E-state index contributed by atoms with van der Waals surface area (Å²) in [6.45, 7) is 6.09. The van der Waals surface area contributed by atoms with E-state index in [1.807, 2.05) is 38.1 Å². The maximum Gasteiger partial charge on any atom is 0.191 e. The van der Waals surface area contributed by atoms with E-state index in [1.165, 1.54) is 11.1 Å². The third-order valence-electron chi connectivity index (χ3n) is 3.61. The van der Waals surface area contributed by atoms with Crippen LogP contribution in [0.25, 0.3) is 0 Å². The predicted molar refractivity (Wildman–Crippen MR) is 120 cm³/mol. The first-order valence-electron chi connectivity index (χ1n) is 8.45. The third kappa shape index (κ3) is 8.38. The van der Waals surface area contributed by atoms with E-state index in [0.717, 1.165) is 16.5 Å². The Labute approximate surface area is 178 Å². The van der Waals surface area contributed by atoms with Crippen molar-refractivity contribution < 1.29 is 4.74 Å². The van der Waals surface area contributed by atoms with Gasteiger partial charge in [0.1, 0.15) is 0 Å². The Morgan fingerprint density at radius 3 is 2.15 bits per heavy atom. The van der Waals surface area contributed by atoms with Crippen LogP contribution in [0.5, 0.6) is 0 Å². The molecule has 2 N–H and O–H groups in total. The standard InChI is InChI=1S/C20H26ClN3O.HI/c1-15(2)25-14-18-8-4-6-16(10-18)12-23-20(22-3)24-13-17-7-5-9-19(21)11-17;/h4-11,15H,12-14H2,1-3H3,(H2,22,23,24);1H. The highest BCUT2D eigenvalue weighted by Crippen LogP contribution is 2.10.